The molecule has 142 valence electrons. The maximum atomic E-state index is 12.8. The largest absolute Gasteiger partial charge is 0.494 e. The summed E-state index contributed by atoms with van der Waals surface area (Å²) in [6, 6.07) is 6.83. The Morgan fingerprint density at radius 3 is 2.65 bits per heavy atom. The molecule has 0 fully saturated rings. The molecule has 6 nitrogen and oxygen atoms in total. The maximum Gasteiger partial charge on any atom is 0.238 e. The fourth-order valence-electron chi connectivity index (χ4n) is 2.41. The highest BCUT2D eigenvalue weighted by Gasteiger charge is 2.23. The van der Waals surface area contributed by atoms with Gasteiger partial charge < -0.3 is 4.74 Å². The minimum absolute atomic E-state index is 0.0302. The number of benzene rings is 1. The first-order chi connectivity index (χ1) is 12.6. The number of sulfonamides is 1. The van der Waals surface area contributed by atoms with E-state index in [1.807, 2.05) is 0 Å². The Morgan fingerprint density at radius 2 is 1.96 bits per heavy atom. The van der Waals surface area contributed by atoms with Crippen LogP contribution in [-0.2, 0) is 16.6 Å². The van der Waals surface area contributed by atoms with Crippen LogP contribution in [0.1, 0.15) is 31.7 Å². The van der Waals surface area contributed by atoms with Crippen LogP contribution < -0.4 is 9.04 Å². The molecule has 0 aliphatic rings. The average molecular weight is 381 g/mol. The van der Waals surface area contributed by atoms with Gasteiger partial charge in [-0.05, 0) is 18.6 Å². The highest BCUT2D eigenvalue weighted by molar-refractivity contribution is 7.92. The van der Waals surface area contributed by atoms with Gasteiger partial charge in [-0.1, -0.05) is 25.8 Å². The first-order valence-electron chi connectivity index (χ1n) is 8.60. The molecule has 2 aromatic rings. The lowest BCUT2D eigenvalue weighted by molar-refractivity contribution is 0.306. The van der Waals surface area contributed by atoms with Crippen molar-refractivity contribution < 1.29 is 17.5 Å². The molecule has 0 atom stereocenters. The van der Waals surface area contributed by atoms with Crippen LogP contribution >= 0.6 is 0 Å². The van der Waals surface area contributed by atoms with Crippen LogP contribution in [0.5, 0.6) is 5.75 Å². The Labute approximate surface area is 154 Å². The number of hydrogen-bond donors (Lipinski definition) is 0. The molecule has 0 amide bonds. The molecular formula is C18H24FN3O3S. The van der Waals surface area contributed by atoms with E-state index in [9.17, 15) is 12.8 Å². The molecule has 0 aliphatic heterocycles. The van der Waals surface area contributed by atoms with E-state index in [4.69, 9.17) is 4.74 Å². The van der Waals surface area contributed by atoms with Crippen LogP contribution in [0.15, 0.2) is 43.0 Å². The van der Waals surface area contributed by atoms with E-state index in [1.165, 1.54) is 23.0 Å². The molecule has 0 saturated heterocycles. The maximum absolute atomic E-state index is 12.8. The van der Waals surface area contributed by atoms with Crippen molar-refractivity contribution in [3.05, 3.63) is 48.5 Å². The van der Waals surface area contributed by atoms with Gasteiger partial charge in [0.1, 0.15) is 18.8 Å². The van der Waals surface area contributed by atoms with Gasteiger partial charge in [0.05, 0.1) is 24.6 Å². The molecule has 0 aliphatic carbocycles. The topological polar surface area (TPSA) is 72.4 Å². The SMILES string of the molecule is CCCCCOc1cccc(N(Cc2cncnc2)S(=O)(=O)CCF)c1. The Kier molecular flexibility index (Phi) is 7.77. The lowest BCUT2D eigenvalue weighted by Crippen LogP contribution is -2.33. The third-order valence-electron chi connectivity index (χ3n) is 3.73. The summed E-state index contributed by atoms with van der Waals surface area (Å²) < 4.78 is 44.7. The van der Waals surface area contributed by atoms with E-state index in [0.29, 0.717) is 23.6 Å². The van der Waals surface area contributed by atoms with Crippen molar-refractivity contribution in [2.24, 2.45) is 0 Å². The zero-order valence-electron chi connectivity index (χ0n) is 14.8. The van der Waals surface area contributed by atoms with Gasteiger partial charge in [0.15, 0.2) is 0 Å². The Hall–Kier alpha value is -2.22. The van der Waals surface area contributed by atoms with Gasteiger partial charge in [0.2, 0.25) is 10.0 Å². The third-order valence-corrected chi connectivity index (χ3v) is 5.42. The number of unbranched alkanes of at least 4 members (excludes halogenated alkanes) is 2. The fourth-order valence-corrected chi connectivity index (χ4v) is 3.60. The Bertz CT molecular complexity index is 772. The molecular weight excluding hydrogens is 357 g/mol. The Morgan fingerprint density at radius 1 is 1.19 bits per heavy atom. The van der Waals surface area contributed by atoms with Crippen LogP contribution in [0.4, 0.5) is 10.1 Å². The number of aromatic nitrogens is 2. The normalized spacial score (nSPS) is 11.3. The van der Waals surface area contributed by atoms with Gasteiger partial charge in [-0.3, -0.25) is 4.31 Å². The van der Waals surface area contributed by atoms with Crippen LogP contribution in [0.25, 0.3) is 0 Å². The molecule has 0 saturated carbocycles. The first kappa shape index (κ1) is 20.1. The highest BCUT2D eigenvalue weighted by atomic mass is 32.2. The summed E-state index contributed by atoms with van der Waals surface area (Å²) in [6.07, 6.45) is 7.55. The van der Waals surface area contributed by atoms with Gasteiger partial charge in [0, 0.05) is 24.0 Å². The van der Waals surface area contributed by atoms with Gasteiger partial charge in [-0.15, -0.1) is 0 Å². The van der Waals surface area contributed by atoms with E-state index >= 15 is 0 Å². The predicted octanol–water partition coefficient (Wildman–Crippen LogP) is 3.35. The number of halogens is 1. The van der Waals surface area contributed by atoms with Crippen molar-refractivity contribution in [3.8, 4) is 5.75 Å². The summed E-state index contributed by atoms with van der Waals surface area (Å²) >= 11 is 0. The molecule has 0 bridgehead atoms. The van der Waals surface area contributed by atoms with E-state index in [2.05, 4.69) is 16.9 Å². The van der Waals surface area contributed by atoms with Crippen molar-refractivity contribution >= 4 is 15.7 Å². The number of alkyl halides is 1. The predicted molar refractivity (Wildman–Crippen MR) is 99.4 cm³/mol. The standard InChI is InChI=1S/C18H24FN3O3S/c1-2-3-4-9-25-18-7-5-6-17(11-18)22(26(23,24)10-8-19)14-16-12-20-15-21-13-16/h5-7,11-13,15H,2-4,8-10,14H2,1H3. The van der Waals surface area contributed by atoms with Gasteiger partial charge in [0.25, 0.3) is 0 Å². The second kappa shape index (κ2) is 10.1. The molecule has 1 heterocycles. The second-order valence-corrected chi connectivity index (χ2v) is 7.82. The van der Waals surface area contributed by atoms with E-state index in [1.54, 1.807) is 24.3 Å². The van der Waals surface area contributed by atoms with E-state index in [0.717, 1.165) is 19.3 Å². The second-order valence-electron chi connectivity index (χ2n) is 5.81. The van der Waals surface area contributed by atoms with E-state index in [-0.39, 0.29) is 6.54 Å². The third kappa shape index (κ3) is 5.94. The Balaban J connectivity index is 2.24. The zero-order chi connectivity index (χ0) is 18.8. The number of rotatable bonds is 11. The molecule has 26 heavy (non-hydrogen) atoms. The zero-order valence-corrected chi connectivity index (χ0v) is 15.7. The summed E-state index contributed by atoms with van der Waals surface area (Å²) in [5, 5.41) is 0. The smallest absolute Gasteiger partial charge is 0.238 e. The minimum Gasteiger partial charge on any atom is -0.494 e. The summed E-state index contributed by atoms with van der Waals surface area (Å²) in [5.74, 6) is 0.00537. The summed E-state index contributed by atoms with van der Waals surface area (Å²) in [6.45, 7) is 1.77. The van der Waals surface area contributed by atoms with Crippen LogP contribution in [0.3, 0.4) is 0 Å². The van der Waals surface area contributed by atoms with Gasteiger partial charge in [-0.25, -0.2) is 22.8 Å². The molecule has 0 radical (unpaired) electrons. The van der Waals surface area contributed by atoms with Crippen molar-refractivity contribution in [2.45, 2.75) is 32.7 Å². The number of anilines is 1. The van der Waals surface area contributed by atoms with Crippen LogP contribution in [0.2, 0.25) is 0 Å². The lowest BCUT2D eigenvalue weighted by atomic mass is 10.2. The van der Waals surface area contributed by atoms with E-state index < -0.39 is 22.5 Å². The molecule has 2 rings (SSSR count). The van der Waals surface area contributed by atoms with Crippen LogP contribution in [-0.4, -0.2) is 37.4 Å². The fraction of sp³-hybridized carbons (Fsp3) is 0.444. The van der Waals surface area contributed by atoms with Crippen LogP contribution in [0, 0.1) is 0 Å². The minimum atomic E-state index is -3.82. The number of nitrogens with zero attached hydrogens (tertiary/aromatic N) is 3. The summed E-state index contributed by atoms with van der Waals surface area (Å²) in [5.41, 5.74) is 1.04. The monoisotopic (exact) mass is 381 g/mol. The van der Waals surface area contributed by atoms with Crippen molar-refractivity contribution in [1.82, 2.24) is 9.97 Å². The quantitative estimate of drug-likeness (QED) is 0.558. The number of hydrogen-bond acceptors (Lipinski definition) is 5. The first-order valence-corrected chi connectivity index (χ1v) is 10.2. The highest BCUT2D eigenvalue weighted by Crippen LogP contribution is 2.26. The van der Waals surface area contributed by atoms with Crippen molar-refractivity contribution in [2.75, 3.05) is 23.3 Å². The van der Waals surface area contributed by atoms with Crippen molar-refractivity contribution in [3.63, 3.8) is 0 Å². The molecule has 1 aromatic heterocycles. The molecule has 8 heteroatoms. The van der Waals surface area contributed by atoms with Gasteiger partial charge >= 0.3 is 0 Å². The molecule has 0 unspecified atom stereocenters. The molecule has 1 aromatic carbocycles. The summed E-state index contributed by atoms with van der Waals surface area (Å²) in [7, 11) is -3.82. The molecule has 0 N–H and O–H groups in total. The lowest BCUT2D eigenvalue weighted by Gasteiger charge is -2.24. The van der Waals surface area contributed by atoms with Gasteiger partial charge in [-0.2, -0.15) is 0 Å². The average Bonchev–Trinajstić information content (AvgIpc) is 2.64. The molecule has 0 spiro atoms. The van der Waals surface area contributed by atoms with Crippen molar-refractivity contribution in [1.29, 1.82) is 0 Å². The summed E-state index contributed by atoms with van der Waals surface area (Å²) in [4.78, 5) is 7.81. The number of ether oxygens (including phenoxy) is 1.